The molecule has 0 unspecified atom stereocenters. The quantitative estimate of drug-likeness (QED) is 0.441. The van der Waals surface area contributed by atoms with Crippen molar-refractivity contribution in [3.63, 3.8) is 0 Å². The molecule has 2 heterocycles. The number of amides is 2. The predicted molar refractivity (Wildman–Crippen MR) is 131 cm³/mol. The highest BCUT2D eigenvalue weighted by molar-refractivity contribution is 6.04. The zero-order valence-corrected chi connectivity index (χ0v) is 20.4. The number of hydrogen-bond acceptors (Lipinski definition) is 5. The molecule has 0 spiro atoms. The number of anilines is 1. The van der Waals surface area contributed by atoms with Gasteiger partial charge in [0.05, 0.1) is 24.8 Å². The Hall–Kier alpha value is -4.08. The summed E-state index contributed by atoms with van der Waals surface area (Å²) in [5.74, 6) is -5.38. The molecule has 0 saturated carbocycles. The zero-order chi connectivity index (χ0) is 26.5. The Labute approximate surface area is 212 Å². The number of halogens is 3. The minimum Gasteiger partial charge on any atom is -0.488 e. The third-order valence-corrected chi connectivity index (χ3v) is 6.26. The summed E-state index contributed by atoms with van der Waals surface area (Å²) in [6.07, 6.45) is 3.03. The number of nitrogens with one attached hydrogen (secondary N) is 1. The van der Waals surface area contributed by atoms with Crippen LogP contribution in [0.4, 0.5) is 18.9 Å². The van der Waals surface area contributed by atoms with Crippen molar-refractivity contribution in [3.05, 3.63) is 82.8 Å². The summed E-state index contributed by atoms with van der Waals surface area (Å²) >= 11 is 0. The van der Waals surface area contributed by atoms with Crippen molar-refractivity contribution in [1.29, 1.82) is 0 Å². The lowest BCUT2D eigenvalue weighted by Gasteiger charge is -2.32. The summed E-state index contributed by atoms with van der Waals surface area (Å²) in [6.45, 7) is 2.58. The van der Waals surface area contributed by atoms with E-state index >= 15 is 0 Å². The van der Waals surface area contributed by atoms with Crippen molar-refractivity contribution in [3.8, 4) is 11.6 Å². The van der Waals surface area contributed by atoms with Gasteiger partial charge in [0.15, 0.2) is 17.4 Å². The van der Waals surface area contributed by atoms with Gasteiger partial charge in [0.2, 0.25) is 11.7 Å². The van der Waals surface area contributed by atoms with Crippen LogP contribution in [0.2, 0.25) is 0 Å². The summed E-state index contributed by atoms with van der Waals surface area (Å²) in [5.41, 5.74) is 1.25. The molecule has 194 valence electrons. The fourth-order valence-electron chi connectivity index (χ4n) is 4.28. The van der Waals surface area contributed by atoms with Gasteiger partial charge in [0, 0.05) is 31.0 Å². The molecule has 0 radical (unpaired) electrons. The van der Waals surface area contributed by atoms with Crippen LogP contribution in [-0.4, -0.2) is 48.5 Å². The Morgan fingerprint density at radius 3 is 2.35 bits per heavy atom. The van der Waals surface area contributed by atoms with Crippen LogP contribution in [0, 0.1) is 17.5 Å². The summed E-state index contributed by atoms with van der Waals surface area (Å²) < 4.78 is 52.1. The van der Waals surface area contributed by atoms with E-state index in [1.807, 2.05) is 12.1 Å². The third kappa shape index (κ3) is 5.68. The number of benzene rings is 2. The minimum absolute atomic E-state index is 0.0800. The number of carbonyl (C=O) groups excluding carboxylic acids is 2. The van der Waals surface area contributed by atoms with Gasteiger partial charge < -0.3 is 19.7 Å². The highest BCUT2D eigenvalue weighted by Crippen LogP contribution is 2.31. The van der Waals surface area contributed by atoms with E-state index in [4.69, 9.17) is 9.47 Å². The molecule has 1 saturated heterocycles. The average molecular weight is 514 g/mol. The second kappa shape index (κ2) is 11.3. The lowest BCUT2D eigenvalue weighted by Crippen LogP contribution is -2.37. The number of aromatic nitrogens is 1. The van der Waals surface area contributed by atoms with E-state index in [0.717, 1.165) is 18.4 Å². The van der Waals surface area contributed by atoms with Gasteiger partial charge in [0.25, 0.3) is 11.8 Å². The second-order valence-corrected chi connectivity index (χ2v) is 8.53. The lowest BCUT2D eigenvalue weighted by atomic mass is 9.89. The molecule has 37 heavy (non-hydrogen) atoms. The molecule has 1 N–H and O–H groups in total. The second-order valence-electron chi connectivity index (χ2n) is 8.53. The number of methoxy groups -OCH3 is 1. The fourth-order valence-corrected chi connectivity index (χ4v) is 4.28. The van der Waals surface area contributed by atoms with E-state index in [1.165, 1.54) is 20.2 Å². The molecule has 1 aliphatic rings. The van der Waals surface area contributed by atoms with Crippen molar-refractivity contribution in [1.82, 2.24) is 9.88 Å². The molecule has 1 aliphatic heterocycles. The summed E-state index contributed by atoms with van der Waals surface area (Å²) in [7, 11) is 1.51. The van der Waals surface area contributed by atoms with Gasteiger partial charge in [0.1, 0.15) is 0 Å². The fraction of sp³-hybridized carbons (Fsp3) is 0.296. The third-order valence-electron chi connectivity index (χ3n) is 6.26. The first-order valence-corrected chi connectivity index (χ1v) is 11.8. The van der Waals surface area contributed by atoms with E-state index < -0.39 is 34.7 Å². The van der Waals surface area contributed by atoms with Crippen LogP contribution >= 0.6 is 0 Å². The highest BCUT2D eigenvalue weighted by Gasteiger charge is 2.26. The number of nitrogens with zero attached hydrogens (tertiary/aromatic N) is 2. The van der Waals surface area contributed by atoms with Crippen LogP contribution in [0.1, 0.15) is 52.0 Å². The number of rotatable bonds is 7. The standard InChI is InChI=1S/C27H26F3N3O4/c1-3-37-25-23(29)20(14-21(28)24(25)30)26(34)32-19-7-4-16(5-8-19)17-10-12-33(13-11-17)27(35)18-6-9-22(36-2)31-15-18/h4-9,14-15,17H,3,10-13H2,1-2H3,(H,32,34). The van der Waals surface area contributed by atoms with Crippen molar-refractivity contribution in [2.75, 3.05) is 32.1 Å². The number of likely N-dealkylation sites (tertiary alicyclic amines) is 1. The molecule has 0 bridgehead atoms. The van der Waals surface area contributed by atoms with E-state index in [9.17, 15) is 22.8 Å². The predicted octanol–water partition coefficient (Wildman–Crippen LogP) is 5.18. The normalized spacial score (nSPS) is 13.8. The van der Waals surface area contributed by atoms with Crippen LogP contribution < -0.4 is 14.8 Å². The van der Waals surface area contributed by atoms with E-state index in [2.05, 4.69) is 10.3 Å². The maximum absolute atomic E-state index is 14.6. The van der Waals surface area contributed by atoms with E-state index in [1.54, 1.807) is 29.2 Å². The van der Waals surface area contributed by atoms with E-state index in [0.29, 0.717) is 36.3 Å². The van der Waals surface area contributed by atoms with Crippen LogP contribution in [0.25, 0.3) is 0 Å². The Morgan fingerprint density at radius 2 is 1.76 bits per heavy atom. The first kappa shape index (κ1) is 26.0. The number of hydrogen-bond donors (Lipinski definition) is 1. The highest BCUT2D eigenvalue weighted by atomic mass is 19.2. The molecule has 2 amide bonds. The first-order chi connectivity index (χ1) is 17.8. The van der Waals surface area contributed by atoms with Crippen molar-refractivity contribution >= 4 is 17.5 Å². The molecular weight excluding hydrogens is 487 g/mol. The Morgan fingerprint density at radius 1 is 1.05 bits per heavy atom. The van der Waals surface area contributed by atoms with Gasteiger partial charge in [-0.05, 0) is 55.5 Å². The number of pyridine rings is 1. The lowest BCUT2D eigenvalue weighted by molar-refractivity contribution is 0.0712. The molecule has 4 rings (SSSR count). The maximum Gasteiger partial charge on any atom is 0.258 e. The molecule has 10 heteroatoms. The van der Waals surface area contributed by atoms with Gasteiger partial charge in [-0.2, -0.15) is 4.39 Å². The van der Waals surface area contributed by atoms with Crippen LogP contribution in [-0.2, 0) is 0 Å². The van der Waals surface area contributed by atoms with Crippen molar-refractivity contribution in [2.45, 2.75) is 25.7 Å². The van der Waals surface area contributed by atoms with E-state index in [-0.39, 0.29) is 18.4 Å². The zero-order valence-electron chi connectivity index (χ0n) is 20.4. The maximum atomic E-state index is 14.6. The molecule has 7 nitrogen and oxygen atoms in total. The van der Waals surface area contributed by atoms with Gasteiger partial charge in [-0.3, -0.25) is 9.59 Å². The minimum atomic E-state index is -1.48. The molecule has 3 aromatic rings. The average Bonchev–Trinajstić information content (AvgIpc) is 2.93. The van der Waals surface area contributed by atoms with Crippen LogP contribution in [0.5, 0.6) is 11.6 Å². The smallest absolute Gasteiger partial charge is 0.258 e. The Kier molecular flexibility index (Phi) is 7.95. The Balaban J connectivity index is 1.37. The molecule has 1 aromatic heterocycles. The number of piperidine rings is 1. The van der Waals surface area contributed by atoms with Gasteiger partial charge in [-0.1, -0.05) is 12.1 Å². The van der Waals surface area contributed by atoms with Gasteiger partial charge in [-0.25, -0.2) is 13.8 Å². The first-order valence-electron chi connectivity index (χ1n) is 11.8. The van der Waals surface area contributed by atoms with Crippen molar-refractivity contribution < 1.29 is 32.2 Å². The number of carbonyl (C=O) groups is 2. The van der Waals surface area contributed by atoms with Crippen LogP contribution in [0.3, 0.4) is 0 Å². The topological polar surface area (TPSA) is 80.8 Å². The number of ether oxygens (including phenoxy) is 2. The summed E-state index contributed by atoms with van der Waals surface area (Å²) in [6, 6.07) is 10.9. The molecule has 2 aromatic carbocycles. The molecular formula is C27H26F3N3O4. The summed E-state index contributed by atoms with van der Waals surface area (Å²) in [5, 5.41) is 2.50. The van der Waals surface area contributed by atoms with Crippen molar-refractivity contribution in [2.24, 2.45) is 0 Å². The largest absolute Gasteiger partial charge is 0.488 e. The summed E-state index contributed by atoms with van der Waals surface area (Å²) in [4.78, 5) is 31.2. The monoisotopic (exact) mass is 513 g/mol. The molecule has 1 fully saturated rings. The van der Waals surface area contributed by atoms with Crippen LogP contribution in [0.15, 0.2) is 48.7 Å². The van der Waals surface area contributed by atoms with Gasteiger partial charge in [-0.15, -0.1) is 0 Å². The molecule has 0 atom stereocenters. The molecule has 0 aliphatic carbocycles. The SMILES string of the molecule is CCOc1c(F)c(F)cc(C(=O)Nc2ccc(C3CCN(C(=O)c4ccc(OC)nc4)CC3)cc2)c1F. The van der Waals surface area contributed by atoms with Gasteiger partial charge >= 0.3 is 0 Å². The Bertz CT molecular complexity index is 1280.